The summed E-state index contributed by atoms with van der Waals surface area (Å²) in [6, 6.07) is 12.6. The van der Waals surface area contributed by atoms with Gasteiger partial charge in [-0.2, -0.15) is 13.2 Å². The van der Waals surface area contributed by atoms with E-state index in [1.165, 1.54) is 12.3 Å². The van der Waals surface area contributed by atoms with Crippen molar-refractivity contribution in [2.75, 3.05) is 23.4 Å². The maximum atomic E-state index is 13.1. The maximum Gasteiger partial charge on any atom is 0.416 e. The van der Waals surface area contributed by atoms with Crippen molar-refractivity contribution in [1.82, 2.24) is 4.98 Å². The molecular weight excluding hydrogens is 433 g/mol. The highest BCUT2D eigenvalue weighted by molar-refractivity contribution is 6.07. The van der Waals surface area contributed by atoms with E-state index in [-0.39, 0.29) is 11.6 Å². The van der Waals surface area contributed by atoms with Crippen LogP contribution < -0.4 is 15.0 Å². The molecule has 1 amide bonds. The summed E-state index contributed by atoms with van der Waals surface area (Å²) in [7, 11) is 0. The smallest absolute Gasteiger partial charge is 0.416 e. The molecule has 0 fully saturated rings. The zero-order valence-corrected chi connectivity index (χ0v) is 17.6. The van der Waals surface area contributed by atoms with Gasteiger partial charge in [-0.25, -0.2) is 4.98 Å². The number of ether oxygens (including phenoxy) is 1. The fourth-order valence-corrected chi connectivity index (χ4v) is 4.01. The van der Waals surface area contributed by atoms with E-state index in [0.717, 1.165) is 28.9 Å². The van der Waals surface area contributed by atoms with Gasteiger partial charge in [0.05, 0.1) is 12.1 Å². The van der Waals surface area contributed by atoms with Gasteiger partial charge >= 0.3 is 6.18 Å². The lowest BCUT2D eigenvalue weighted by Gasteiger charge is -2.25. The van der Waals surface area contributed by atoms with Crippen molar-refractivity contribution in [3.8, 4) is 5.75 Å². The Morgan fingerprint density at radius 1 is 1.15 bits per heavy atom. The number of benzene rings is 2. The van der Waals surface area contributed by atoms with Gasteiger partial charge in [0.15, 0.2) is 11.4 Å². The molecule has 1 N–H and O–H groups in total. The Kier molecular flexibility index (Phi) is 5.03. The Bertz CT molecular complexity index is 1270. The molecule has 2 aliphatic rings. The summed E-state index contributed by atoms with van der Waals surface area (Å²) in [6.45, 7) is 2.62. The third kappa shape index (κ3) is 3.90. The molecule has 5 rings (SSSR count). The highest BCUT2D eigenvalue weighted by Gasteiger charge is 2.32. The van der Waals surface area contributed by atoms with Crippen LogP contribution in [0.2, 0.25) is 0 Å². The molecule has 2 aromatic carbocycles. The van der Waals surface area contributed by atoms with Crippen molar-refractivity contribution in [2.24, 2.45) is 4.99 Å². The first-order valence-electron chi connectivity index (χ1n) is 10.3. The molecule has 6 nitrogen and oxygen atoms in total. The van der Waals surface area contributed by atoms with Gasteiger partial charge in [-0.15, -0.1) is 0 Å². The summed E-state index contributed by atoms with van der Waals surface area (Å²) in [5.41, 5.74) is 2.94. The van der Waals surface area contributed by atoms with Gasteiger partial charge in [-0.1, -0.05) is 12.1 Å². The number of aromatic nitrogens is 1. The second kappa shape index (κ2) is 7.91. The molecule has 3 aromatic rings. The normalized spacial score (nSPS) is 17.5. The van der Waals surface area contributed by atoms with E-state index in [1.54, 1.807) is 23.2 Å². The van der Waals surface area contributed by atoms with Crippen molar-refractivity contribution >= 4 is 23.5 Å². The van der Waals surface area contributed by atoms with Crippen molar-refractivity contribution < 1.29 is 22.7 Å². The number of aryl methyl sites for hydroxylation is 1. The van der Waals surface area contributed by atoms with Crippen LogP contribution in [-0.4, -0.2) is 30.3 Å². The number of nitrogens with one attached hydrogen (secondary N) is 1. The molecule has 168 valence electrons. The highest BCUT2D eigenvalue weighted by atomic mass is 19.4. The molecular formula is C24H19F3N4O2. The van der Waals surface area contributed by atoms with Crippen LogP contribution in [0.5, 0.6) is 5.75 Å². The van der Waals surface area contributed by atoms with Crippen LogP contribution in [0.3, 0.4) is 0 Å². The summed E-state index contributed by atoms with van der Waals surface area (Å²) < 4.78 is 44.6. The van der Waals surface area contributed by atoms with Gasteiger partial charge in [0, 0.05) is 29.3 Å². The first kappa shape index (κ1) is 21.0. The topological polar surface area (TPSA) is 66.8 Å². The van der Waals surface area contributed by atoms with Crippen LogP contribution in [0.25, 0.3) is 0 Å². The first-order chi connectivity index (χ1) is 15.8. The predicted molar refractivity (Wildman–Crippen MR) is 118 cm³/mol. The molecule has 0 bridgehead atoms. The number of halogens is 3. The molecule has 1 atom stereocenters. The van der Waals surface area contributed by atoms with Crippen molar-refractivity contribution in [2.45, 2.75) is 19.3 Å². The van der Waals surface area contributed by atoms with E-state index in [2.05, 4.69) is 15.3 Å². The molecule has 0 spiro atoms. The van der Waals surface area contributed by atoms with E-state index in [0.29, 0.717) is 30.2 Å². The highest BCUT2D eigenvalue weighted by Crippen LogP contribution is 2.35. The van der Waals surface area contributed by atoms with Gasteiger partial charge in [0.1, 0.15) is 12.8 Å². The molecule has 0 saturated carbocycles. The Labute approximate surface area is 187 Å². The minimum Gasteiger partial charge on any atom is -0.489 e. The molecule has 1 unspecified atom stereocenters. The molecule has 9 heteroatoms. The predicted octanol–water partition coefficient (Wildman–Crippen LogP) is 4.99. The van der Waals surface area contributed by atoms with Crippen LogP contribution in [0.1, 0.15) is 38.9 Å². The second-order valence-electron chi connectivity index (χ2n) is 7.83. The largest absolute Gasteiger partial charge is 0.489 e. The Morgan fingerprint density at radius 2 is 2.00 bits per heavy atom. The van der Waals surface area contributed by atoms with Gasteiger partial charge < -0.3 is 15.0 Å². The number of amides is 1. The average Bonchev–Trinajstić information content (AvgIpc) is 2.97. The van der Waals surface area contributed by atoms with Gasteiger partial charge in [-0.05, 0) is 54.4 Å². The lowest BCUT2D eigenvalue weighted by Crippen LogP contribution is -2.33. The summed E-state index contributed by atoms with van der Waals surface area (Å²) in [4.78, 5) is 23.3. The number of hydrogen-bond acceptors (Lipinski definition) is 5. The fourth-order valence-electron chi connectivity index (χ4n) is 4.01. The summed E-state index contributed by atoms with van der Waals surface area (Å²) in [5, 5.41) is 3.17. The van der Waals surface area contributed by atoms with Crippen molar-refractivity contribution in [3.63, 3.8) is 0 Å². The van der Waals surface area contributed by atoms with Crippen LogP contribution in [0, 0.1) is 6.92 Å². The van der Waals surface area contributed by atoms with Gasteiger partial charge in [0.25, 0.3) is 5.91 Å². The number of alkyl halides is 3. The number of carbonyl (C=O) groups excluding carboxylic acids is 1. The second-order valence-corrected chi connectivity index (χ2v) is 7.83. The minimum atomic E-state index is -4.40. The molecule has 3 heterocycles. The molecule has 2 aliphatic heterocycles. The Balaban J connectivity index is 1.40. The lowest BCUT2D eigenvalue weighted by molar-refractivity contribution is -0.137. The summed E-state index contributed by atoms with van der Waals surface area (Å²) in [5.74, 6) is 0.231. The monoisotopic (exact) mass is 452 g/mol. The molecule has 0 saturated heterocycles. The van der Waals surface area contributed by atoms with Crippen molar-refractivity contribution in [3.05, 3.63) is 82.7 Å². The number of rotatable bonds is 2. The third-order valence-electron chi connectivity index (χ3n) is 5.65. The van der Waals surface area contributed by atoms with Crippen LogP contribution >= 0.6 is 0 Å². The number of nitrogens with zero attached hydrogens (tertiary/aromatic N) is 3. The summed E-state index contributed by atoms with van der Waals surface area (Å²) >= 11 is 0. The number of aliphatic imine (C=N–C) groups is 1. The molecule has 33 heavy (non-hydrogen) atoms. The first-order valence-corrected chi connectivity index (χ1v) is 10.3. The van der Waals surface area contributed by atoms with Crippen molar-refractivity contribution in [1.29, 1.82) is 0 Å². The van der Waals surface area contributed by atoms with Crippen LogP contribution in [0.15, 0.2) is 59.7 Å². The minimum absolute atomic E-state index is 0.234. The quantitative estimate of drug-likeness (QED) is 0.595. The Hall–Kier alpha value is -3.88. The molecule has 0 radical (unpaired) electrons. The van der Waals surface area contributed by atoms with Gasteiger partial charge in [-0.3, -0.25) is 9.79 Å². The number of anilines is 2. The SMILES string of the molecule is Cc1cc(C2N=Cc3cc(C(F)(F)F)ccc3N2)ccc1N1CCOc2cccnc2C1=O. The van der Waals surface area contributed by atoms with E-state index < -0.39 is 17.9 Å². The maximum absolute atomic E-state index is 13.1. The zero-order chi connectivity index (χ0) is 23.2. The van der Waals surface area contributed by atoms with Crippen LogP contribution in [0.4, 0.5) is 24.5 Å². The zero-order valence-electron chi connectivity index (χ0n) is 17.6. The van der Waals surface area contributed by atoms with Gasteiger partial charge in [0.2, 0.25) is 0 Å². The standard InChI is InChI=1S/C24H19F3N4O2/c1-14-11-15(22-29-13-16-12-17(24(25,26)27)5-6-18(16)30-22)4-7-19(14)31-9-10-33-20-3-2-8-28-21(20)23(31)32/h2-8,11-13,22,30H,9-10H2,1H3. The number of fused-ring (bicyclic) bond motifs is 2. The van der Waals surface area contributed by atoms with E-state index in [4.69, 9.17) is 4.74 Å². The molecule has 0 aliphatic carbocycles. The number of hydrogen-bond donors (Lipinski definition) is 1. The van der Waals surface area contributed by atoms with Crippen LogP contribution in [-0.2, 0) is 6.18 Å². The fraction of sp³-hybridized carbons (Fsp3) is 0.208. The lowest BCUT2D eigenvalue weighted by atomic mass is 10.0. The summed E-state index contributed by atoms with van der Waals surface area (Å²) in [6.07, 6.45) is -1.85. The van der Waals surface area contributed by atoms with E-state index in [1.807, 2.05) is 25.1 Å². The average molecular weight is 452 g/mol. The number of carbonyl (C=O) groups is 1. The van der Waals surface area contributed by atoms with E-state index in [9.17, 15) is 18.0 Å². The molecule has 1 aromatic heterocycles. The third-order valence-corrected chi connectivity index (χ3v) is 5.65. The Morgan fingerprint density at radius 3 is 2.79 bits per heavy atom. The number of pyridine rings is 1. The van der Waals surface area contributed by atoms with E-state index >= 15 is 0 Å².